The molecule has 1 rings (SSSR count). The molecule has 0 atom stereocenters. The molecule has 0 aliphatic heterocycles. The number of aryl methyl sites for hydroxylation is 2. The number of anilines is 1. The molecule has 1 amide bonds. The number of aromatic nitrogens is 1. The van der Waals surface area contributed by atoms with Crippen LogP contribution in [-0.2, 0) is 11.3 Å². The van der Waals surface area contributed by atoms with Crippen molar-refractivity contribution in [2.45, 2.75) is 27.3 Å². The van der Waals surface area contributed by atoms with E-state index >= 15 is 0 Å². The van der Waals surface area contributed by atoms with Gasteiger partial charge in [-0.05, 0) is 25.5 Å². The van der Waals surface area contributed by atoms with E-state index in [1.807, 2.05) is 19.9 Å². The summed E-state index contributed by atoms with van der Waals surface area (Å²) in [4.78, 5) is 14.9. The first-order chi connectivity index (χ1) is 6.50. The molecule has 1 aromatic heterocycles. The molecule has 0 saturated carbocycles. The maximum Gasteiger partial charge on any atom is 0.217 e. The molecule has 1 heterocycles. The second kappa shape index (κ2) is 4.09. The summed E-state index contributed by atoms with van der Waals surface area (Å²) in [7, 11) is 0. The van der Waals surface area contributed by atoms with Crippen molar-refractivity contribution >= 4 is 11.7 Å². The lowest BCUT2D eigenvalue weighted by molar-refractivity contribution is -0.119. The van der Waals surface area contributed by atoms with Crippen molar-refractivity contribution in [1.29, 1.82) is 0 Å². The van der Waals surface area contributed by atoms with Gasteiger partial charge >= 0.3 is 0 Å². The molecule has 0 fully saturated rings. The fourth-order valence-electron chi connectivity index (χ4n) is 1.34. The van der Waals surface area contributed by atoms with Crippen LogP contribution in [-0.4, -0.2) is 10.9 Å². The Balaban J connectivity index is 2.91. The van der Waals surface area contributed by atoms with E-state index in [-0.39, 0.29) is 5.91 Å². The largest absolute Gasteiger partial charge is 0.383 e. The summed E-state index contributed by atoms with van der Waals surface area (Å²) in [6.45, 7) is 5.78. The van der Waals surface area contributed by atoms with Crippen LogP contribution < -0.4 is 11.1 Å². The molecule has 76 valence electrons. The molecule has 1 aromatic rings. The number of rotatable bonds is 2. The minimum absolute atomic E-state index is 0.0654. The summed E-state index contributed by atoms with van der Waals surface area (Å²) in [5.74, 6) is 0.431. The topological polar surface area (TPSA) is 68.0 Å². The highest BCUT2D eigenvalue weighted by molar-refractivity contribution is 5.73. The van der Waals surface area contributed by atoms with Gasteiger partial charge in [-0.15, -0.1) is 0 Å². The molecule has 0 saturated heterocycles. The van der Waals surface area contributed by atoms with E-state index in [0.717, 1.165) is 16.8 Å². The van der Waals surface area contributed by atoms with Crippen LogP contribution in [0.1, 0.15) is 23.7 Å². The van der Waals surface area contributed by atoms with Gasteiger partial charge in [-0.3, -0.25) is 4.79 Å². The average molecular weight is 193 g/mol. The second-order valence-corrected chi connectivity index (χ2v) is 3.35. The Labute approximate surface area is 83.5 Å². The molecule has 0 unspecified atom stereocenters. The summed E-state index contributed by atoms with van der Waals surface area (Å²) in [5.41, 5.74) is 8.59. The van der Waals surface area contributed by atoms with Crippen LogP contribution in [0.5, 0.6) is 0 Å². The van der Waals surface area contributed by atoms with Crippen LogP contribution in [0.3, 0.4) is 0 Å². The summed E-state index contributed by atoms with van der Waals surface area (Å²) in [5, 5.41) is 2.70. The molecule has 14 heavy (non-hydrogen) atoms. The molecule has 0 aliphatic carbocycles. The molecular formula is C10H15N3O. The minimum atomic E-state index is -0.0654. The van der Waals surface area contributed by atoms with Crippen molar-refractivity contribution in [3.63, 3.8) is 0 Å². The predicted octanol–water partition coefficient (Wildman–Crippen LogP) is 0.917. The van der Waals surface area contributed by atoms with Gasteiger partial charge in [0, 0.05) is 24.7 Å². The molecule has 0 bridgehead atoms. The van der Waals surface area contributed by atoms with Gasteiger partial charge in [0.25, 0.3) is 0 Å². The van der Waals surface area contributed by atoms with Gasteiger partial charge in [0.15, 0.2) is 0 Å². The van der Waals surface area contributed by atoms with Crippen LogP contribution in [0.4, 0.5) is 5.82 Å². The maximum absolute atomic E-state index is 10.7. The lowest BCUT2D eigenvalue weighted by Gasteiger charge is -2.09. The highest BCUT2D eigenvalue weighted by atomic mass is 16.1. The van der Waals surface area contributed by atoms with E-state index in [2.05, 4.69) is 10.3 Å². The minimum Gasteiger partial charge on any atom is -0.383 e. The van der Waals surface area contributed by atoms with Crippen molar-refractivity contribution in [1.82, 2.24) is 10.3 Å². The Bertz CT molecular complexity index is 337. The summed E-state index contributed by atoms with van der Waals surface area (Å²) in [6, 6.07) is 1.95. The zero-order valence-corrected chi connectivity index (χ0v) is 8.72. The molecule has 0 spiro atoms. The van der Waals surface area contributed by atoms with E-state index in [1.165, 1.54) is 6.92 Å². The fraction of sp³-hybridized carbons (Fsp3) is 0.400. The summed E-state index contributed by atoms with van der Waals surface area (Å²) in [6.07, 6.45) is 0. The van der Waals surface area contributed by atoms with Crippen LogP contribution in [0.25, 0.3) is 0 Å². The number of hydrogen-bond donors (Lipinski definition) is 2. The number of nitrogen functional groups attached to an aromatic ring is 1. The second-order valence-electron chi connectivity index (χ2n) is 3.35. The number of amides is 1. The van der Waals surface area contributed by atoms with Gasteiger partial charge in [-0.25, -0.2) is 4.98 Å². The lowest BCUT2D eigenvalue weighted by atomic mass is 10.1. The molecule has 4 heteroatoms. The van der Waals surface area contributed by atoms with E-state index in [0.29, 0.717) is 12.4 Å². The first-order valence-electron chi connectivity index (χ1n) is 4.47. The monoisotopic (exact) mass is 193 g/mol. The SMILES string of the molecule is CC(=O)NCc1c(C)cc(C)nc1N. The van der Waals surface area contributed by atoms with Gasteiger partial charge in [-0.2, -0.15) is 0 Å². The normalized spacial score (nSPS) is 9.93. The third-order valence-electron chi connectivity index (χ3n) is 2.02. The third kappa shape index (κ3) is 2.45. The highest BCUT2D eigenvalue weighted by Gasteiger charge is 2.05. The van der Waals surface area contributed by atoms with Crippen LogP contribution >= 0.6 is 0 Å². The number of nitrogens with one attached hydrogen (secondary N) is 1. The van der Waals surface area contributed by atoms with Gasteiger partial charge in [0.1, 0.15) is 5.82 Å². The number of pyridine rings is 1. The Kier molecular flexibility index (Phi) is 3.06. The number of nitrogens with two attached hydrogens (primary N) is 1. The number of carbonyl (C=O) groups excluding carboxylic acids is 1. The van der Waals surface area contributed by atoms with E-state index in [1.54, 1.807) is 0 Å². The van der Waals surface area contributed by atoms with E-state index in [4.69, 9.17) is 5.73 Å². The van der Waals surface area contributed by atoms with Crippen LogP contribution in [0.2, 0.25) is 0 Å². The van der Waals surface area contributed by atoms with Crippen molar-refractivity contribution in [2.24, 2.45) is 0 Å². The molecule has 0 radical (unpaired) electrons. The first kappa shape index (κ1) is 10.5. The first-order valence-corrected chi connectivity index (χ1v) is 4.47. The average Bonchev–Trinajstić information content (AvgIpc) is 2.01. The molecule has 3 N–H and O–H groups in total. The van der Waals surface area contributed by atoms with Gasteiger partial charge < -0.3 is 11.1 Å². The summed E-state index contributed by atoms with van der Waals surface area (Å²) < 4.78 is 0. The molecule has 0 aromatic carbocycles. The lowest BCUT2D eigenvalue weighted by Crippen LogP contribution is -2.20. The zero-order chi connectivity index (χ0) is 10.7. The number of nitrogens with zero attached hydrogens (tertiary/aromatic N) is 1. The van der Waals surface area contributed by atoms with Crippen molar-refractivity contribution < 1.29 is 4.79 Å². The fourth-order valence-corrected chi connectivity index (χ4v) is 1.34. The van der Waals surface area contributed by atoms with Crippen LogP contribution in [0, 0.1) is 13.8 Å². The molecule has 0 aliphatic rings. The van der Waals surface area contributed by atoms with Gasteiger partial charge in [0.05, 0.1) is 0 Å². The molecular weight excluding hydrogens is 178 g/mol. The van der Waals surface area contributed by atoms with Gasteiger partial charge in [0.2, 0.25) is 5.91 Å². The number of carbonyl (C=O) groups is 1. The van der Waals surface area contributed by atoms with Crippen molar-refractivity contribution in [2.75, 3.05) is 5.73 Å². The Hall–Kier alpha value is -1.58. The quantitative estimate of drug-likeness (QED) is 0.733. The highest BCUT2D eigenvalue weighted by Crippen LogP contribution is 2.15. The van der Waals surface area contributed by atoms with E-state index in [9.17, 15) is 4.79 Å². The molecule has 4 nitrogen and oxygen atoms in total. The van der Waals surface area contributed by atoms with E-state index < -0.39 is 0 Å². The Morgan fingerprint density at radius 2 is 2.21 bits per heavy atom. The Morgan fingerprint density at radius 3 is 2.71 bits per heavy atom. The third-order valence-corrected chi connectivity index (χ3v) is 2.02. The standard InChI is InChI=1S/C10H15N3O/c1-6-4-7(2)13-10(11)9(6)5-12-8(3)14/h4H,5H2,1-3H3,(H2,11,13)(H,12,14). The smallest absolute Gasteiger partial charge is 0.217 e. The van der Waals surface area contributed by atoms with Gasteiger partial charge in [-0.1, -0.05) is 0 Å². The van der Waals surface area contributed by atoms with Crippen molar-refractivity contribution in [3.05, 3.63) is 22.9 Å². The number of hydrogen-bond acceptors (Lipinski definition) is 3. The Morgan fingerprint density at radius 1 is 1.57 bits per heavy atom. The van der Waals surface area contributed by atoms with Crippen LogP contribution in [0.15, 0.2) is 6.07 Å². The predicted molar refractivity (Wildman–Crippen MR) is 55.6 cm³/mol. The maximum atomic E-state index is 10.7. The van der Waals surface area contributed by atoms with Crippen molar-refractivity contribution in [3.8, 4) is 0 Å². The zero-order valence-electron chi connectivity index (χ0n) is 8.72. The summed E-state index contributed by atoms with van der Waals surface area (Å²) >= 11 is 0.